The van der Waals surface area contributed by atoms with Crippen molar-refractivity contribution in [2.45, 2.75) is 13.3 Å². The first-order valence-corrected chi connectivity index (χ1v) is 9.16. The van der Waals surface area contributed by atoms with Crippen molar-refractivity contribution in [1.82, 2.24) is 9.62 Å². The summed E-state index contributed by atoms with van der Waals surface area (Å²) < 4.78 is 29.0. The van der Waals surface area contributed by atoms with Gasteiger partial charge in [-0.1, -0.05) is 18.5 Å². The van der Waals surface area contributed by atoms with Crippen LogP contribution in [0.25, 0.3) is 0 Å². The van der Waals surface area contributed by atoms with Crippen molar-refractivity contribution in [3.8, 4) is 0 Å². The summed E-state index contributed by atoms with van der Waals surface area (Å²) in [4.78, 5) is 0. The number of nitrogens with zero attached hydrogens (tertiary/aromatic N) is 1. The third-order valence-electron chi connectivity index (χ3n) is 2.66. The van der Waals surface area contributed by atoms with Crippen LogP contribution in [0.5, 0.6) is 0 Å². The highest BCUT2D eigenvalue weighted by molar-refractivity contribution is 14.1. The van der Waals surface area contributed by atoms with Crippen LogP contribution in [0, 0.1) is 3.57 Å². The summed E-state index contributed by atoms with van der Waals surface area (Å²) in [7, 11) is -1.96. The Labute approximate surface area is 139 Å². The molecule has 0 fully saturated rings. The Morgan fingerprint density at radius 3 is 2.70 bits per heavy atom. The van der Waals surface area contributed by atoms with Gasteiger partial charge in [0.1, 0.15) is 0 Å². The van der Waals surface area contributed by atoms with E-state index < -0.39 is 10.2 Å². The molecule has 20 heavy (non-hydrogen) atoms. The Morgan fingerprint density at radius 1 is 1.40 bits per heavy atom. The van der Waals surface area contributed by atoms with Crippen molar-refractivity contribution in [1.29, 1.82) is 0 Å². The number of hydrogen-bond acceptors (Lipinski definition) is 3. The lowest BCUT2D eigenvalue weighted by molar-refractivity contribution is 0.459. The zero-order valence-corrected chi connectivity index (χ0v) is 15.2. The molecule has 0 saturated heterocycles. The van der Waals surface area contributed by atoms with Gasteiger partial charge in [0.2, 0.25) is 0 Å². The SMILES string of the molecule is CCNCCCN(C)S(=O)(=O)Nc1ccc(Cl)cc1I. The van der Waals surface area contributed by atoms with Crippen molar-refractivity contribution in [3.05, 3.63) is 26.8 Å². The number of halogens is 2. The van der Waals surface area contributed by atoms with Crippen LogP contribution < -0.4 is 10.0 Å². The molecule has 0 bridgehead atoms. The van der Waals surface area contributed by atoms with Gasteiger partial charge in [-0.15, -0.1) is 0 Å². The van der Waals surface area contributed by atoms with Gasteiger partial charge in [-0.3, -0.25) is 4.72 Å². The van der Waals surface area contributed by atoms with Gasteiger partial charge in [0.25, 0.3) is 0 Å². The number of hydrogen-bond donors (Lipinski definition) is 2. The van der Waals surface area contributed by atoms with Crippen LogP contribution in [0.3, 0.4) is 0 Å². The Kier molecular flexibility index (Phi) is 7.52. The minimum atomic E-state index is -3.53. The molecule has 0 aliphatic carbocycles. The molecule has 0 aliphatic heterocycles. The quantitative estimate of drug-likeness (QED) is 0.491. The fraction of sp³-hybridized carbons (Fsp3) is 0.500. The van der Waals surface area contributed by atoms with E-state index in [1.807, 2.05) is 29.5 Å². The maximum Gasteiger partial charge on any atom is 0.301 e. The molecule has 0 amide bonds. The van der Waals surface area contributed by atoms with Gasteiger partial charge in [-0.2, -0.15) is 12.7 Å². The Bertz CT molecular complexity index is 540. The Hall–Kier alpha value is -0.0900. The normalized spacial score (nSPS) is 11.8. The van der Waals surface area contributed by atoms with Gasteiger partial charge in [0.15, 0.2) is 0 Å². The molecular weight excluding hydrogens is 413 g/mol. The highest BCUT2D eigenvalue weighted by Crippen LogP contribution is 2.23. The summed E-state index contributed by atoms with van der Waals surface area (Å²) >= 11 is 7.90. The summed E-state index contributed by atoms with van der Waals surface area (Å²) in [6, 6.07) is 5.03. The van der Waals surface area contributed by atoms with E-state index in [4.69, 9.17) is 11.6 Å². The van der Waals surface area contributed by atoms with E-state index in [2.05, 4.69) is 10.0 Å². The Balaban J connectivity index is 2.64. The van der Waals surface area contributed by atoms with Crippen molar-refractivity contribution in [3.63, 3.8) is 0 Å². The van der Waals surface area contributed by atoms with Crippen LogP contribution in [-0.4, -0.2) is 39.4 Å². The Morgan fingerprint density at radius 2 is 2.10 bits per heavy atom. The highest BCUT2D eigenvalue weighted by atomic mass is 127. The van der Waals surface area contributed by atoms with Gasteiger partial charge >= 0.3 is 10.2 Å². The third-order valence-corrected chi connectivity index (χ3v) is 5.27. The fourth-order valence-electron chi connectivity index (χ4n) is 1.51. The molecule has 0 atom stereocenters. The molecule has 5 nitrogen and oxygen atoms in total. The number of benzene rings is 1. The molecule has 1 aromatic carbocycles. The van der Waals surface area contributed by atoms with Gasteiger partial charge in [0.05, 0.1) is 5.69 Å². The maximum absolute atomic E-state index is 12.2. The first-order valence-electron chi connectivity index (χ1n) is 6.26. The van der Waals surface area contributed by atoms with Crippen LogP contribution in [0.1, 0.15) is 13.3 Å². The topological polar surface area (TPSA) is 61.4 Å². The maximum atomic E-state index is 12.2. The number of rotatable bonds is 8. The number of anilines is 1. The lowest BCUT2D eigenvalue weighted by Crippen LogP contribution is -2.34. The van der Waals surface area contributed by atoms with Crippen molar-refractivity contribution in [2.24, 2.45) is 0 Å². The largest absolute Gasteiger partial charge is 0.317 e. The van der Waals surface area contributed by atoms with Crippen LogP contribution in [0.15, 0.2) is 18.2 Å². The zero-order valence-electron chi connectivity index (χ0n) is 11.5. The second-order valence-electron chi connectivity index (χ2n) is 4.26. The van der Waals surface area contributed by atoms with Crippen molar-refractivity contribution in [2.75, 3.05) is 31.4 Å². The number of nitrogens with one attached hydrogen (secondary N) is 2. The average molecular weight is 432 g/mol. The van der Waals surface area contributed by atoms with Gasteiger partial charge in [-0.25, -0.2) is 0 Å². The second kappa shape index (κ2) is 8.38. The summed E-state index contributed by atoms with van der Waals surface area (Å²) in [5.41, 5.74) is 0.536. The van der Waals surface area contributed by atoms with Gasteiger partial charge < -0.3 is 5.32 Å². The minimum Gasteiger partial charge on any atom is -0.317 e. The average Bonchev–Trinajstić information content (AvgIpc) is 2.37. The lowest BCUT2D eigenvalue weighted by Gasteiger charge is -2.19. The molecule has 8 heteroatoms. The highest BCUT2D eigenvalue weighted by Gasteiger charge is 2.18. The van der Waals surface area contributed by atoms with Crippen LogP contribution in [0.2, 0.25) is 5.02 Å². The smallest absolute Gasteiger partial charge is 0.301 e. The molecule has 1 aromatic rings. The van der Waals surface area contributed by atoms with Crippen molar-refractivity contribution < 1.29 is 8.42 Å². The minimum absolute atomic E-state index is 0.465. The first-order chi connectivity index (χ1) is 9.36. The lowest BCUT2D eigenvalue weighted by atomic mass is 10.3. The summed E-state index contributed by atoms with van der Waals surface area (Å²) in [5, 5.41) is 3.74. The van der Waals surface area contributed by atoms with E-state index in [1.165, 1.54) is 4.31 Å². The fourth-order valence-corrected chi connectivity index (χ4v) is 3.68. The van der Waals surface area contributed by atoms with Crippen LogP contribution >= 0.6 is 34.2 Å². The van der Waals surface area contributed by atoms with E-state index in [0.29, 0.717) is 17.3 Å². The zero-order chi connectivity index (χ0) is 15.2. The van der Waals surface area contributed by atoms with E-state index in [9.17, 15) is 8.42 Å². The monoisotopic (exact) mass is 431 g/mol. The van der Waals surface area contributed by atoms with E-state index in [-0.39, 0.29) is 0 Å². The molecule has 0 unspecified atom stereocenters. The van der Waals surface area contributed by atoms with E-state index >= 15 is 0 Å². The molecular formula is C12H19ClIN3O2S. The van der Waals surface area contributed by atoms with Crippen LogP contribution in [0.4, 0.5) is 5.69 Å². The molecule has 0 aromatic heterocycles. The summed E-state index contributed by atoms with van der Waals surface area (Å²) in [6.07, 6.45) is 0.767. The second-order valence-corrected chi connectivity index (χ2v) is 7.64. The molecule has 1 rings (SSSR count). The molecule has 0 saturated carbocycles. The van der Waals surface area contributed by atoms with Gasteiger partial charge in [0, 0.05) is 22.2 Å². The molecule has 0 aliphatic rings. The van der Waals surface area contributed by atoms with Crippen molar-refractivity contribution >= 4 is 50.1 Å². The molecule has 0 spiro atoms. The van der Waals surface area contributed by atoms with Crippen LogP contribution in [-0.2, 0) is 10.2 Å². The summed E-state index contributed by atoms with van der Waals surface area (Å²) in [5.74, 6) is 0. The molecule has 0 radical (unpaired) electrons. The molecule has 0 heterocycles. The standard InChI is InChI=1S/C12H19ClIN3O2S/c1-3-15-7-4-8-17(2)20(18,19)16-12-6-5-10(13)9-11(12)14/h5-6,9,15-16H,3-4,7-8H2,1-2H3. The predicted molar refractivity (Wildman–Crippen MR) is 92.5 cm³/mol. The predicted octanol–water partition coefficient (Wildman–Crippen LogP) is 2.53. The van der Waals surface area contributed by atoms with E-state index in [1.54, 1.807) is 25.2 Å². The van der Waals surface area contributed by atoms with Gasteiger partial charge in [-0.05, 0) is 60.3 Å². The first kappa shape index (κ1) is 18.0. The molecule has 114 valence electrons. The third kappa shape index (κ3) is 5.72. The van der Waals surface area contributed by atoms with E-state index in [0.717, 1.165) is 23.1 Å². The summed E-state index contributed by atoms with van der Waals surface area (Å²) in [6.45, 7) is 4.17. The molecule has 2 N–H and O–H groups in total.